The van der Waals surface area contributed by atoms with E-state index in [0.29, 0.717) is 11.0 Å². The van der Waals surface area contributed by atoms with Crippen molar-refractivity contribution in [3.8, 4) is 0 Å². The number of amidine groups is 1. The monoisotopic (exact) mass is 272 g/mol. The van der Waals surface area contributed by atoms with E-state index in [1.54, 1.807) is 7.05 Å². The van der Waals surface area contributed by atoms with E-state index in [9.17, 15) is 0 Å². The Morgan fingerprint density at radius 3 is 2.68 bits per heavy atom. The van der Waals surface area contributed by atoms with E-state index >= 15 is 0 Å². The molecule has 3 rings (SSSR count). The van der Waals surface area contributed by atoms with Crippen LogP contribution in [0.4, 0.5) is 5.69 Å². The Kier molecular flexibility index (Phi) is 3.13. The van der Waals surface area contributed by atoms with Crippen LogP contribution in [0.2, 0.25) is 5.02 Å². The normalized spacial score (nSPS) is 19.5. The second-order valence-corrected chi connectivity index (χ2v) is 4.73. The fourth-order valence-electron chi connectivity index (χ4n) is 2.17. The topological polar surface area (TPSA) is 33.6 Å². The van der Waals surface area contributed by atoms with Crippen molar-refractivity contribution in [2.75, 3.05) is 12.4 Å². The van der Waals surface area contributed by atoms with E-state index in [1.807, 2.05) is 48.5 Å². The third-order valence-corrected chi connectivity index (χ3v) is 3.31. The summed E-state index contributed by atoms with van der Waals surface area (Å²) in [5.74, 6) is 0. The highest BCUT2D eigenvalue weighted by atomic mass is 35.5. The Labute approximate surface area is 116 Å². The molecule has 0 aliphatic carbocycles. The molecule has 1 N–H and O–H groups in total. The number of hydrogen-bond donors (Lipinski definition) is 1. The molecule has 1 atom stereocenters. The summed E-state index contributed by atoms with van der Waals surface area (Å²) in [7, 11) is 1.70. The Morgan fingerprint density at radius 1 is 1.16 bits per heavy atom. The van der Waals surface area contributed by atoms with Gasteiger partial charge in [-0.2, -0.15) is 0 Å². The number of nitrogens with one attached hydrogen (secondary N) is 1. The molecule has 0 fully saturated rings. The molecule has 1 unspecified atom stereocenters. The predicted molar refractivity (Wildman–Crippen MR) is 77.8 cm³/mol. The molecule has 0 saturated heterocycles. The van der Waals surface area contributed by atoms with Gasteiger partial charge in [0.25, 0.3) is 6.02 Å². The number of fused-ring (bicyclic) bond motifs is 1. The Morgan fingerprint density at radius 2 is 1.95 bits per heavy atom. The number of anilines is 1. The molecule has 0 saturated carbocycles. The van der Waals surface area contributed by atoms with Gasteiger partial charge in [-0.25, -0.2) is 4.99 Å². The molecule has 96 valence electrons. The first-order chi connectivity index (χ1) is 9.28. The van der Waals surface area contributed by atoms with Crippen molar-refractivity contribution in [3.63, 3.8) is 0 Å². The Hall–Kier alpha value is -2.00. The number of benzene rings is 2. The molecule has 0 amide bonds. The van der Waals surface area contributed by atoms with E-state index in [-0.39, 0.29) is 6.10 Å². The highest BCUT2D eigenvalue weighted by Crippen LogP contribution is 2.36. The molecular weight excluding hydrogens is 260 g/mol. The number of aliphatic imine (C=N–C) groups is 1. The van der Waals surface area contributed by atoms with E-state index < -0.39 is 0 Å². The van der Waals surface area contributed by atoms with Crippen molar-refractivity contribution < 1.29 is 4.74 Å². The number of hydrogen-bond acceptors (Lipinski definition) is 2. The van der Waals surface area contributed by atoms with Gasteiger partial charge in [0, 0.05) is 23.3 Å². The van der Waals surface area contributed by atoms with Crippen LogP contribution in [0.15, 0.2) is 53.5 Å². The van der Waals surface area contributed by atoms with E-state index in [2.05, 4.69) is 10.3 Å². The van der Waals surface area contributed by atoms with Gasteiger partial charge in [-0.3, -0.25) is 0 Å². The van der Waals surface area contributed by atoms with Crippen molar-refractivity contribution in [2.24, 2.45) is 4.99 Å². The minimum atomic E-state index is -0.185. The molecule has 3 nitrogen and oxygen atoms in total. The molecule has 0 bridgehead atoms. The molecule has 19 heavy (non-hydrogen) atoms. The van der Waals surface area contributed by atoms with Gasteiger partial charge < -0.3 is 10.1 Å². The van der Waals surface area contributed by atoms with Gasteiger partial charge in [0.2, 0.25) is 0 Å². The summed E-state index contributed by atoms with van der Waals surface area (Å²) in [5.41, 5.74) is 3.07. The lowest BCUT2D eigenvalue weighted by Gasteiger charge is -2.28. The van der Waals surface area contributed by atoms with Crippen LogP contribution in [0.25, 0.3) is 0 Å². The van der Waals surface area contributed by atoms with Crippen molar-refractivity contribution in [2.45, 2.75) is 6.10 Å². The van der Waals surface area contributed by atoms with Crippen LogP contribution in [0.5, 0.6) is 0 Å². The van der Waals surface area contributed by atoms with Crippen LogP contribution >= 0.6 is 11.6 Å². The van der Waals surface area contributed by atoms with Crippen LogP contribution in [-0.2, 0) is 4.74 Å². The van der Waals surface area contributed by atoms with Crippen molar-refractivity contribution >= 4 is 23.3 Å². The first-order valence-electron chi connectivity index (χ1n) is 6.03. The highest BCUT2D eigenvalue weighted by Gasteiger charge is 2.26. The minimum Gasteiger partial charge on any atom is -0.452 e. The summed E-state index contributed by atoms with van der Waals surface area (Å²) in [6.07, 6.45) is -0.185. The van der Waals surface area contributed by atoms with Gasteiger partial charge in [0.05, 0.1) is 0 Å². The van der Waals surface area contributed by atoms with Crippen LogP contribution in [-0.4, -0.2) is 13.1 Å². The standard InChI is InChI=1S/C15H13ClN2O/c1-17-15-18-13-8-7-11(16)9-12(13)14(19-15)10-5-3-2-4-6-10/h2-9,14H,1H3,(H,17,18). The van der Waals surface area contributed by atoms with E-state index in [1.165, 1.54) is 0 Å². The zero-order valence-electron chi connectivity index (χ0n) is 10.4. The summed E-state index contributed by atoms with van der Waals surface area (Å²) in [4.78, 5) is 4.09. The second kappa shape index (κ2) is 4.94. The maximum Gasteiger partial charge on any atom is 0.289 e. The second-order valence-electron chi connectivity index (χ2n) is 4.29. The smallest absolute Gasteiger partial charge is 0.289 e. The fourth-order valence-corrected chi connectivity index (χ4v) is 2.35. The van der Waals surface area contributed by atoms with Gasteiger partial charge >= 0.3 is 0 Å². The highest BCUT2D eigenvalue weighted by molar-refractivity contribution is 6.30. The Balaban J connectivity index is 2.12. The SMILES string of the molecule is CN=C1Nc2ccc(Cl)cc2C(c2ccccc2)O1. The predicted octanol–water partition coefficient (Wildman–Crippen LogP) is 3.86. The third-order valence-electron chi connectivity index (χ3n) is 3.07. The summed E-state index contributed by atoms with van der Waals surface area (Å²) in [5, 5.41) is 3.84. The molecule has 0 radical (unpaired) electrons. The van der Waals surface area contributed by atoms with Gasteiger partial charge in [-0.1, -0.05) is 41.9 Å². The number of nitrogens with zero attached hydrogens (tertiary/aromatic N) is 1. The summed E-state index contributed by atoms with van der Waals surface area (Å²) in [6, 6.07) is 16.3. The maximum atomic E-state index is 6.09. The lowest BCUT2D eigenvalue weighted by molar-refractivity contribution is 0.226. The van der Waals surface area contributed by atoms with Crippen LogP contribution in [0, 0.1) is 0 Å². The molecule has 4 heteroatoms. The molecule has 2 aromatic rings. The van der Waals surface area contributed by atoms with Gasteiger partial charge in [-0.15, -0.1) is 0 Å². The van der Waals surface area contributed by atoms with Crippen LogP contribution in [0.3, 0.4) is 0 Å². The van der Waals surface area contributed by atoms with Crippen molar-refractivity contribution in [1.29, 1.82) is 0 Å². The largest absolute Gasteiger partial charge is 0.452 e. The molecular formula is C15H13ClN2O. The van der Waals surface area contributed by atoms with Crippen molar-refractivity contribution in [1.82, 2.24) is 0 Å². The van der Waals surface area contributed by atoms with E-state index in [0.717, 1.165) is 16.8 Å². The average Bonchev–Trinajstić information content (AvgIpc) is 2.47. The molecule has 1 heterocycles. The first kappa shape index (κ1) is 12.1. The number of ether oxygens (including phenoxy) is 1. The molecule has 1 aliphatic rings. The zero-order chi connectivity index (χ0) is 13.2. The third kappa shape index (κ3) is 2.29. The van der Waals surface area contributed by atoms with E-state index in [4.69, 9.17) is 16.3 Å². The summed E-state index contributed by atoms with van der Waals surface area (Å²) in [6.45, 7) is 0. The first-order valence-corrected chi connectivity index (χ1v) is 6.40. The molecule has 2 aromatic carbocycles. The average molecular weight is 273 g/mol. The maximum absolute atomic E-state index is 6.09. The van der Waals surface area contributed by atoms with Gasteiger partial charge in [0.1, 0.15) is 0 Å². The molecule has 0 spiro atoms. The fraction of sp³-hybridized carbons (Fsp3) is 0.133. The Bertz CT molecular complexity index is 625. The van der Waals surface area contributed by atoms with Gasteiger partial charge in [-0.05, 0) is 23.8 Å². The molecule has 1 aliphatic heterocycles. The van der Waals surface area contributed by atoms with Crippen molar-refractivity contribution in [3.05, 3.63) is 64.7 Å². The number of rotatable bonds is 1. The lowest BCUT2D eigenvalue weighted by Crippen LogP contribution is -2.26. The summed E-state index contributed by atoms with van der Waals surface area (Å²) < 4.78 is 5.88. The number of halogens is 1. The van der Waals surface area contributed by atoms with Gasteiger partial charge in [0.15, 0.2) is 6.10 Å². The molecule has 0 aromatic heterocycles. The van der Waals surface area contributed by atoms with Crippen LogP contribution < -0.4 is 5.32 Å². The zero-order valence-corrected chi connectivity index (χ0v) is 11.2. The quantitative estimate of drug-likeness (QED) is 0.855. The minimum absolute atomic E-state index is 0.185. The lowest BCUT2D eigenvalue weighted by atomic mass is 9.99. The summed E-state index contributed by atoms with van der Waals surface area (Å²) >= 11 is 6.09. The van der Waals surface area contributed by atoms with Crippen LogP contribution in [0.1, 0.15) is 17.2 Å².